The molecule has 108 valence electrons. The van der Waals surface area contributed by atoms with Gasteiger partial charge in [-0.15, -0.1) is 0 Å². The van der Waals surface area contributed by atoms with Crippen LogP contribution in [0.1, 0.15) is 37.2 Å². The molecule has 0 spiro atoms. The van der Waals surface area contributed by atoms with Gasteiger partial charge in [-0.25, -0.2) is 18.4 Å². The number of nitrogens with two attached hydrogens (primary N) is 1. The summed E-state index contributed by atoms with van der Waals surface area (Å²) in [5.41, 5.74) is 0.174. The number of esters is 1. The number of hydrogen-bond acceptors (Lipinski definition) is 4. The molecule has 0 saturated heterocycles. The molecule has 19 heavy (non-hydrogen) atoms. The van der Waals surface area contributed by atoms with Gasteiger partial charge in [-0.1, -0.05) is 20.3 Å². The predicted octanol–water partition coefficient (Wildman–Crippen LogP) is 1.27. The van der Waals surface area contributed by atoms with Crippen LogP contribution in [-0.2, 0) is 21.8 Å². The summed E-state index contributed by atoms with van der Waals surface area (Å²) in [7, 11) is -2.24. The van der Waals surface area contributed by atoms with Crippen molar-refractivity contribution in [3.63, 3.8) is 0 Å². The van der Waals surface area contributed by atoms with E-state index in [1.807, 2.05) is 6.92 Å². The highest BCUT2D eigenvalue weighted by molar-refractivity contribution is 7.89. The van der Waals surface area contributed by atoms with E-state index >= 15 is 0 Å². The molecular formula is C12H20N2O4S. The third kappa shape index (κ3) is 4.36. The van der Waals surface area contributed by atoms with Crippen LogP contribution in [0.25, 0.3) is 0 Å². The molecule has 0 aliphatic heterocycles. The Labute approximate surface area is 113 Å². The van der Waals surface area contributed by atoms with Gasteiger partial charge >= 0.3 is 5.97 Å². The first-order valence-corrected chi connectivity index (χ1v) is 7.66. The highest BCUT2D eigenvalue weighted by Gasteiger charge is 2.18. The van der Waals surface area contributed by atoms with Gasteiger partial charge in [0, 0.05) is 13.2 Å². The van der Waals surface area contributed by atoms with Gasteiger partial charge in [0.25, 0.3) is 0 Å². The summed E-state index contributed by atoms with van der Waals surface area (Å²) in [6, 6.07) is 1.22. The maximum Gasteiger partial charge on any atom is 0.354 e. The number of aryl methyl sites for hydroxylation is 1. The number of primary sulfonamides is 1. The monoisotopic (exact) mass is 288 g/mol. The second-order valence-electron chi connectivity index (χ2n) is 4.71. The fraction of sp³-hybridized carbons (Fsp3) is 0.583. The number of aromatic nitrogens is 1. The first-order valence-electron chi connectivity index (χ1n) is 6.12. The molecule has 1 aromatic rings. The topological polar surface area (TPSA) is 91.4 Å². The highest BCUT2D eigenvalue weighted by Crippen LogP contribution is 2.14. The molecule has 2 N–H and O–H groups in total. The molecule has 0 fully saturated rings. The zero-order valence-corrected chi connectivity index (χ0v) is 12.2. The standard InChI is InChI=1S/C12H20N2O4S/c1-4-5-9(2)8-18-12(15)11-6-10(7-14(11)3)19(13,16)17/h6-7,9H,4-5,8H2,1-3H3,(H2,13,16,17). The third-order valence-corrected chi connectivity index (χ3v) is 3.68. The lowest BCUT2D eigenvalue weighted by Gasteiger charge is -2.10. The highest BCUT2D eigenvalue weighted by atomic mass is 32.2. The maximum absolute atomic E-state index is 11.8. The Kier molecular flexibility index (Phi) is 5.13. The minimum atomic E-state index is -3.81. The largest absolute Gasteiger partial charge is 0.461 e. The summed E-state index contributed by atoms with van der Waals surface area (Å²) >= 11 is 0. The Morgan fingerprint density at radius 1 is 1.53 bits per heavy atom. The number of rotatable bonds is 6. The molecule has 6 nitrogen and oxygen atoms in total. The van der Waals surface area contributed by atoms with Crippen LogP contribution in [0.15, 0.2) is 17.2 Å². The number of carbonyl (C=O) groups is 1. The lowest BCUT2D eigenvalue weighted by molar-refractivity contribution is 0.0432. The molecule has 0 saturated carbocycles. The molecule has 0 radical (unpaired) electrons. The summed E-state index contributed by atoms with van der Waals surface area (Å²) in [5.74, 6) is -0.257. The van der Waals surface area contributed by atoms with Gasteiger partial charge in [0.15, 0.2) is 0 Å². The molecule has 7 heteroatoms. The van der Waals surface area contributed by atoms with Crippen molar-refractivity contribution in [1.82, 2.24) is 4.57 Å². The summed E-state index contributed by atoms with van der Waals surface area (Å²) in [6.45, 7) is 4.38. The Morgan fingerprint density at radius 2 is 2.16 bits per heavy atom. The van der Waals surface area contributed by atoms with Crippen molar-refractivity contribution in [2.24, 2.45) is 18.1 Å². The van der Waals surface area contributed by atoms with Crippen molar-refractivity contribution in [1.29, 1.82) is 0 Å². The van der Waals surface area contributed by atoms with Crippen LogP contribution in [0.2, 0.25) is 0 Å². The van der Waals surface area contributed by atoms with E-state index in [0.29, 0.717) is 6.61 Å². The van der Waals surface area contributed by atoms with Gasteiger partial charge in [-0.3, -0.25) is 0 Å². The molecule has 0 aliphatic carbocycles. The fourth-order valence-corrected chi connectivity index (χ4v) is 2.34. The van der Waals surface area contributed by atoms with Crippen LogP contribution in [0.3, 0.4) is 0 Å². The van der Waals surface area contributed by atoms with Crippen molar-refractivity contribution in [2.75, 3.05) is 6.61 Å². The molecule has 0 amide bonds. The zero-order valence-electron chi connectivity index (χ0n) is 11.4. The van der Waals surface area contributed by atoms with E-state index in [1.54, 1.807) is 7.05 Å². The van der Waals surface area contributed by atoms with Gasteiger partial charge in [0.1, 0.15) is 10.6 Å². The number of sulfonamides is 1. The Balaban J connectivity index is 2.75. The van der Waals surface area contributed by atoms with Crippen LogP contribution >= 0.6 is 0 Å². The third-order valence-electron chi connectivity index (χ3n) is 2.80. The minimum Gasteiger partial charge on any atom is -0.461 e. The quantitative estimate of drug-likeness (QED) is 0.798. The molecule has 1 atom stereocenters. The molecule has 1 heterocycles. The summed E-state index contributed by atoms with van der Waals surface area (Å²) in [6.07, 6.45) is 3.29. The number of carbonyl (C=O) groups excluding carboxylic acids is 1. The van der Waals surface area contributed by atoms with Crippen molar-refractivity contribution in [2.45, 2.75) is 31.6 Å². The van der Waals surface area contributed by atoms with Crippen molar-refractivity contribution in [3.8, 4) is 0 Å². The Hall–Kier alpha value is -1.34. The lowest BCUT2D eigenvalue weighted by atomic mass is 10.1. The van der Waals surface area contributed by atoms with E-state index in [-0.39, 0.29) is 16.5 Å². The predicted molar refractivity (Wildman–Crippen MR) is 71.1 cm³/mol. The maximum atomic E-state index is 11.8. The summed E-state index contributed by atoms with van der Waals surface area (Å²) < 4.78 is 28.9. The van der Waals surface area contributed by atoms with Gasteiger partial charge < -0.3 is 9.30 Å². The van der Waals surface area contributed by atoms with Gasteiger partial charge in [0.05, 0.1) is 6.61 Å². The molecule has 1 rings (SSSR count). The average Bonchev–Trinajstić information content (AvgIpc) is 2.68. The second-order valence-corrected chi connectivity index (χ2v) is 6.27. The van der Waals surface area contributed by atoms with Gasteiger partial charge in [-0.05, 0) is 18.4 Å². The van der Waals surface area contributed by atoms with E-state index in [1.165, 1.54) is 16.8 Å². The Morgan fingerprint density at radius 3 is 2.63 bits per heavy atom. The van der Waals surface area contributed by atoms with E-state index in [2.05, 4.69) is 6.92 Å². The number of nitrogens with zero attached hydrogens (tertiary/aromatic N) is 1. The molecule has 1 unspecified atom stereocenters. The van der Waals surface area contributed by atoms with Gasteiger partial charge in [0.2, 0.25) is 10.0 Å². The SMILES string of the molecule is CCCC(C)COC(=O)c1cc(S(N)(=O)=O)cn1C. The summed E-state index contributed by atoms with van der Waals surface area (Å²) in [5, 5.41) is 5.01. The van der Waals surface area contributed by atoms with Crippen molar-refractivity contribution in [3.05, 3.63) is 18.0 Å². The average molecular weight is 288 g/mol. The molecule has 0 aliphatic rings. The van der Waals surface area contributed by atoms with E-state index in [4.69, 9.17) is 9.88 Å². The van der Waals surface area contributed by atoms with E-state index < -0.39 is 16.0 Å². The van der Waals surface area contributed by atoms with Crippen LogP contribution in [0.5, 0.6) is 0 Å². The van der Waals surface area contributed by atoms with E-state index in [9.17, 15) is 13.2 Å². The van der Waals surface area contributed by atoms with Crippen LogP contribution in [0.4, 0.5) is 0 Å². The molecule has 0 aromatic carbocycles. The van der Waals surface area contributed by atoms with Crippen molar-refractivity contribution >= 4 is 16.0 Å². The lowest BCUT2D eigenvalue weighted by Crippen LogP contribution is -2.14. The molecule has 1 aromatic heterocycles. The first-order chi connectivity index (χ1) is 8.75. The molecular weight excluding hydrogens is 268 g/mol. The van der Waals surface area contributed by atoms with Crippen LogP contribution in [0, 0.1) is 5.92 Å². The second kappa shape index (κ2) is 6.21. The molecule has 0 bridgehead atoms. The first kappa shape index (κ1) is 15.7. The van der Waals surface area contributed by atoms with Crippen molar-refractivity contribution < 1.29 is 17.9 Å². The number of ether oxygens (including phenoxy) is 1. The Bertz CT molecular complexity index is 548. The van der Waals surface area contributed by atoms with Gasteiger partial charge in [-0.2, -0.15) is 0 Å². The fourth-order valence-electron chi connectivity index (χ4n) is 1.76. The van der Waals surface area contributed by atoms with Crippen LogP contribution < -0.4 is 5.14 Å². The zero-order chi connectivity index (χ0) is 14.6. The number of hydrogen-bond donors (Lipinski definition) is 1. The minimum absolute atomic E-state index is 0.0939. The van der Waals surface area contributed by atoms with E-state index in [0.717, 1.165) is 12.8 Å². The summed E-state index contributed by atoms with van der Waals surface area (Å²) in [4.78, 5) is 11.7. The van der Waals surface area contributed by atoms with Crippen LogP contribution in [-0.4, -0.2) is 25.6 Å². The normalized spacial score (nSPS) is 13.3. The smallest absolute Gasteiger partial charge is 0.354 e.